The summed E-state index contributed by atoms with van der Waals surface area (Å²) in [5.74, 6) is 0. The molecular weight excluding hydrogens is 282 g/mol. The van der Waals surface area contributed by atoms with E-state index in [0.29, 0.717) is 4.34 Å². The Morgan fingerprint density at radius 3 is 2.76 bits per heavy atom. The van der Waals surface area contributed by atoms with Gasteiger partial charge in [0.15, 0.2) is 0 Å². The molecule has 1 saturated carbocycles. The summed E-state index contributed by atoms with van der Waals surface area (Å²) in [6, 6.07) is 3.63. The van der Waals surface area contributed by atoms with Crippen LogP contribution in [0.15, 0.2) is 12.1 Å². The van der Waals surface area contributed by atoms with E-state index in [1.54, 1.807) is 13.2 Å². The van der Waals surface area contributed by atoms with Crippen molar-refractivity contribution in [2.24, 2.45) is 0 Å². The maximum absolute atomic E-state index is 11.7. The van der Waals surface area contributed by atoms with Crippen molar-refractivity contribution >= 4 is 33.0 Å². The Labute approximate surface area is 110 Å². The average molecular weight is 296 g/mol. The molecule has 17 heavy (non-hydrogen) atoms. The third-order valence-corrected chi connectivity index (χ3v) is 5.87. The van der Waals surface area contributed by atoms with Crippen molar-refractivity contribution in [1.82, 2.24) is 4.72 Å². The maximum Gasteiger partial charge on any atom is 0.214 e. The van der Waals surface area contributed by atoms with Crippen LogP contribution in [0.4, 0.5) is 0 Å². The molecular formula is C10H14ClNO3S2. The molecule has 1 fully saturated rings. The Kier molecular flexibility index (Phi) is 4.10. The molecule has 2 rings (SSSR count). The van der Waals surface area contributed by atoms with Crippen LogP contribution in [0.1, 0.15) is 23.8 Å². The number of hydrogen-bond donors (Lipinski definition) is 1. The lowest BCUT2D eigenvalue weighted by Crippen LogP contribution is -2.31. The van der Waals surface area contributed by atoms with Crippen LogP contribution in [0, 0.1) is 0 Å². The minimum atomic E-state index is -3.15. The third kappa shape index (κ3) is 3.42. The van der Waals surface area contributed by atoms with Crippen LogP contribution < -0.4 is 4.72 Å². The first-order valence-electron chi connectivity index (χ1n) is 5.29. The lowest BCUT2D eigenvalue weighted by atomic mass is 10.3. The largest absolute Gasteiger partial charge is 0.375 e. The molecule has 7 heteroatoms. The van der Waals surface area contributed by atoms with Gasteiger partial charge >= 0.3 is 0 Å². The first-order valence-corrected chi connectivity index (χ1v) is 8.03. The fourth-order valence-electron chi connectivity index (χ4n) is 1.49. The quantitative estimate of drug-likeness (QED) is 0.875. The van der Waals surface area contributed by atoms with Gasteiger partial charge < -0.3 is 4.74 Å². The second-order valence-electron chi connectivity index (χ2n) is 3.96. The summed E-state index contributed by atoms with van der Waals surface area (Å²) in [7, 11) is -1.59. The Morgan fingerprint density at radius 1 is 1.59 bits per heavy atom. The molecule has 1 atom stereocenters. The predicted molar refractivity (Wildman–Crippen MR) is 69.0 cm³/mol. The number of rotatable bonds is 6. The molecule has 0 spiro atoms. The Morgan fingerprint density at radius 2 is 2.29 bits per heavy atom. The Hall–Kier alpha value is -0.140. The second-order valence-corrected chi connectivity index (χ2v) is 7.75. The molecule has 1 unspecified atom stereocenters. The highest BCUT2D eigenvalue weighted by atomic mass is 35.5. The lowest BCUT2D eigenvalue weighted by Gasteiger charge is -2.14. The molecule has 0 saturated heterocycles. The minimum Gasteiger partial charge on any atom is -0.375 e. The van der Waals surface area contributed by atoms with E-state index >= 15 is 0 Å². The Bertz CT molecular complexity index is 481. The van der Waals surface area contributed by atoms with Gasteiger partial charge in [0.05, 0.1) is 9.59 Å². The van der Waals surface area contributed by atoms with E-state index in [1.807, 2.05) is 6.07 Å². The monoisotopic (exact) mass is 295 g/mol. The molecule has 1 aromatic heterocycles. The topological polar surface area (TPSA) is 55.4 Å². The van der Waals surface area contributed by atoms with Crippen molar-refractivity contribution < 1.29 is 13.2 Å². The normalized spacial score (nSPS) is 18.2. The molecule has 0 aliphatic heterocycles. The second kappa shape index (κ2) is 5.24. The van der Waals surface area contributed by atoms with Crippen molar-refractivity contribution in [1.29, 1.82) is 0 Å². The van der Waals surface area contributed by atoms with E-state index < -0.39 is 10.0 Å². The van der Waals surface area contributed by atoms with Gasteiger partial charge in [0.2, 0.25) is 10.0 Å². The van der Waals surface area contributed by atoms with Crippen molar-refractivity contribution in [3.8, 4) is 0 Å². The van der Waals surface area contributed by atoms with Crippen molar-refractivity contribution in [2.45, 2.75) is 24.2 Å². The molecule has 4 nitrogen and oxygen atoms in total. The van der Waals surface area contributed by atoms with Crippen molar-refractivity contribution in [3.63, 3.8) is 0 Å². The smallest absolute Gasteiger partial charge is 0.214 e. The number of methoxy groups -OCH3 is 1. The van der Waals surface area contributed by atoms with E-state index in [4.69, 9.17) is 16.3 Å². The van der Waals surface area contributed by atoms with E-state index in [0.717, 1.165) is 17.7 Å². The van der Waals surface area contributed by atoms with Gasteiger partial charge in [-0.2, -0.15) is 0 Å². The number of nitrogens with one attached hydrogen (secondary N) is 1. The average Bonchev–Trinajstić information content (AvgIpc) is 3.05. The van der Waals surface area contributed by atoms with Gasteiger partial charge in [-0.15, -0.1) is 11.3 Å². The highest BCUT2D eigenvalue weighted by Crippen LogP contribution is 2.30. The number of sulfonamides is 1. The highest BCUT2D eigenvalue weighted by molar-refractivity contribution is 7.90. The summed E-state index contributed by atoms with van der Waals surface area (Å²) in [5, 5.41) is -0.202. The highest BCUT2D eigenvalue weighted by Gasteiger charge is 2.35. The number of ether oxygens (including phenoxy) is 1. The van der Waals surface area contributed by atoms with Crippen molar-refractivity contribution in [2.75, 3.05) is 13.7 Å². The molecule has 1 aliphatic rings. The molecule has 1 N–H and O–H groups in total. The van der Waals surface area contributed by atoms with Gasteiger partial charge in [-0.25, -0.2) is 13.1 Å². The van der Waals surface area contributed by atoms with E-state index in [1.165, 1.54) is 11.3 Å². The Balaban J connectivity index is 1.96. The fourth-order valence-corrected chi connectivity index (χ4v) is 4.00. The van der Waals surface area contributed by atoms with Crippen molar-refractivity contribution in [3.05, 3.63) is 21.3 Å². The molecule has 0 radical (unpaired) electrons. The van der Waals surface area contributed by atoms with Crippen LogP contribution in [0.2, 0.25) is 4.34 Å². The fraction of sp³-hybridized carbons (Fsp3) is 0.600. The van der Waals surface area contributed by atoms with Crippen LogP contribution in [0.5, 0.6) is 0 Å². The summed E-state index contributed by atoms with van der Waals surface area (Å²) in [6.45, 7) is 0.256. The van der Waals surface area contributed by atoms with Gasteiger partial charge in [-0.05, 0) is 25.0 Å². The van der Waals surface area contributed by atoms with Gasteiger partial charge in [0.1, 0.15) is 6.10 Å². The standard InChI is InChI=1S/C10H14ClNO3S2/c1-15-8(9-4-5-10(11)16-9)6-12-17(13,14)7-2-3-7/h4-5,7-8,12H,2-3,6H2,1H3. The minimum absolute atomic E-state index is 0.202. The van der Waals surface area contributed by atoms with E-state index in [-0.39, 0.29) is 17.9 Å². The van der Waals surface area contributed by atoms with Crippen LogP contribution in [-0.2, 0) is 14.8 Å². The first kappa shape index (κ1) is 13.3. The molecule has 1 aromatic rings. The zero-order chi connectivity index (χ0) is 12.5. The summed E-state index contributed by atoms with van der Waals surface area (Å²) in [5.41, 5.74) is 0. The van der Waals surface area contributed by atoms with Crippen LogP contribution in [0.3, 0.4) is 0 Å². The van der Waals surface area contributed by atoms with E-state index in [2.05, 4.69) is 4.72 Å². The van der Waals surface area contributed by atoms with E-state index in [9.17, 15) is 8.42 Å². The molecule has 0 bridgehead atoms. The van der Waals surface area contributed by atoms with Crippen LogP contribution in [0.25, 0.3) is 0 Å². The summed E-state index contributed by atoms with van der Waals surface area (Å²) < 4.78 is 31.9. The first-order chi connectivity index (χ1) is 8.03. The van der Waals surface area contributed by atoms with Gasteiger partial charge in [0, 0.05) is 18.5 Å². The third-order valence-electron chi connectivity index (χ3n) is 2.63. The molecule has 1 heterocycles. The zero-order valence-electron chi connectivity index (χ0n) is 9.35. The molecule has 0 aromatic carbocycles. The zero-order valence-corrected chi connectivity index (χ0v) is 11.7. The van der Waals surface area contributed by atoms with Gasteiger partial charge in [-0.3, -0.25) is 0 Å². The summed E-state index contributed by atoms with van der Waals surface area (Å²) in [6.07, 6.45) is 1.25. The van der Waals surface area contributed by atoms with Crippen LogP contribution in [-0.4, -0.2) is 27.3 Å². The number of hydrogen-bond acceptors (Lipinski definition) is 4. The number of halogens is 1. The molecule has 96 valence electrons. The molecule has 0 amide bonds. The predicted octanol–water partition coefficient (Wildman–Crippen LogP) is 2.17. The molecule has 1 aliphatic carbocycles. The lowest BCUT2D eigenvalue weighted by molar-refractivity contribution is 0.110. The summed E-state index contributed by atoms with van der Waals surface area (Å²) >= 11 is 7.24. The van der Waals surface area contributed by atoms with Crippen LogP contribution >= 0.6 is 22.9 Å². The SMILES string of the molecule is COC(CNS(=O)(=O)C1CC1)c1ccc(Cl)s1. The van der Waals surface area contributed by atoms with Gasteiger partial charge in [-0.1, -0.05) is 11.6 Å². The van der Waals surface area contributed by atoms with Gasteiger partial charge in [0.25, 0.3) is 0 Å². The number of thiophene rings is 1. The maximum atomic E-state index is 11.7. The summed E-state index contributed by atoms with van der Waals surface area (Å²) in [4.78, 5) is 0.927.